The number of aryl methyl sites for hydroxylation is 2. The maximum Gasteiger partial charge on any atom is 0.264 e. The molecule has 1 aliphatic heterocycles. The second-order valence-corrected chi connectivity index (χ2v) is 10.2. The van der Waals surface area contributed by atoms with E-state index in [1.54, 1.807) is 62.8 Å². The Kier molecular flexibility index (Phi) is 6.88. The summed E-state index contributed by atoms with van der Waals surface area (Å²) in [6.07, 6.45) is -1.02. The van der Waals surface area contributed by atoms with Gasteiger partial charge >= 0.3 is 0 Å². The third-order valence-electron chi connectivity index (χ3n) is 5.80. The Labute approximate surface area is 205 Å². The third kappa shape index (κ3) is 5.05. The van der Waals surface area contributed by atoms with E-state index in [1.165, 1.54) is 4.31 Å². The van der Waals surface area contributed by atoms with E-state index in [9.17, 15) is 13.2 Å². The number of rotatable bonds is 7. The summed E-state index contributed by atoms with van der Waals surface area (Å²) in [6.45, 7) is 3.83. The molecule has 3 aromatic rings. The third-order valence-corrected chi connectivity index (χ3v) is 7.59. The van der Waals surface area contributed by atoms with Crippen molar-refractivity contribution in [2.75, 3.05) is 25.1 Å². The molecule has 9 heteroatoms. The normalized spacial score (nSPS) is 15.1. The summed E-state index contributed by atoms with van der Waals surface area (Å²) in [6, 6.07) is 17.2. The molecule has 3 aromatic carbocycles. The number of sulfonamides is 1. The summed E-state index contributed by atoms with van der Waals surface area (Å²) in [7, 11) is -0.821. The number of hydrogen-bond acceptors (Lipinski definition) is 6. The van der Waals surface area contributed by atoms with Gasteiger partial charge in [-0.2, -0.15) is 0 Å². The lowest BCUT2D eigenvalue weighted by atomic mass is 10.1. The number of methoxy groups -OCH3 is 2. The van der Waals surface area contributed by atoms with Gasteiger partial charge in [0.15, 0.2) is 17.6 Å². The molecule has 0 spiro atoms. The SMILES string of the molecule is COc1ccc(CNC(=O)C2CN(S(=O)(=O)c3ccc(C)cc3)c3ccc(C)cc3O2)cc1OC. The first-order valence-electron chi connectivity index (χ1n) is 11.1. The van der Waals surface area contributed by atoms with E-state index < -0.39 is 22.0 Å². The average Bonchev–Trinajstić information content (AvgIpc) is 2.86. The molecule has 8 nitrogen and oxygen atoms in total. The minimum atomic E-state index is -3.91. The number of fused-ring (bicyclic) bond motifs is 1. The van der Waals surface area contributed by atoms with Gasteiger partial charge in [-0.1, -0.05) is 29.8 Å². The predicted octanol–water partition coefficient (Wildman–Crippen LogP) is 3.59. The van der Waals surface area contributed by atoms with E-state index in [0.29, 0.717) is 22.9 Å². The fourth-order valence-corrected chi connectivity index (χ4v) is 5.33. The zero-order chi connectivity index (χ0) is 25.2. The first-order chi connectivity index (χ1) is 16.7. The van der Waals surface area contributed by atoms with Gasteiger partial charge in [-0.25, -0.2) is 8.42 Å². The van der Waals surface area contributed by atoms with Crippen LogP contribution in [-0.2, 0) is 21.4 Å². The maximum atomic E-state index is 13.5. The predicted molar refractivity (Wildman–Crippen MR) is 133 cm³/mol. The van der Waals surface area contributed by atoms with E-state index in [0.717, 1.165) is 16.7 Å². The molecule has 1 amide bonds. The molecule has 0 saturated carbocycles. The highest BCUT2D eigenvalue weighted by Gasteiger charge is 2.37. The lowest BCUT2D eigenvalue weighted by Crippen LogP contribution is -2.50. The quantitative estimate of drug-likeness (QED) is 0.537. The highest BCUT2D eigenvalue weighted by atomic mass is 32.2. The summed E-state index contributed by atoms with van der Waals surface area (Å²) < 4.78 is 44.8. The number of nitrogens with one attached hydrogen (secondary N) is 1. The van der Waals surface area contributed by atoms with Crippen molar-refractivity contribution in [1.29, 1.82) is 0 Å². The van der Waals surface area contributed by atoms with E-state index in [4.69, 9.17) is 14.2 Å². The fourth-order valence-electron chi connectivity index (χ4n) is 3.86. The summed E-state index contributed by atoms with van der Waals surface area (Å²) in [4.78, 5) is 13.2. The van der Waals surface area contributed by atoms with Crippen LogP contribution in [0.4, 0.5) is 5.69 Å². The Morgan fingerprint density at radius 1 is 0.971 bits per heavy atom. The van der Waals surface area contributed by atoms with Crippen LogP contribution in [0.3, 0.4) is 0 Å². The Morgan fingerprint density at radius 3 is 2.34 bits per heavy atom. The molecule has 1 unspecified atom stereocenters. The van der Waals surface area contributed by atoms with Gasteiger partial charge in [-0.3, -0.25) is 9.10 Å². The van der Waals surface area contributed by atoms with Crippen LogP contribution in [0.5, 0.6) is 17.2 Å². The Bertz CT molecular complexity index is 1340. The van der Waals surface area contributed by atoms with Crippen LogP contribution in [0.2, 0.25) is 0 Å². The van der Waals surface area contributed by atoms with Gasteiger partial charge in [0, 0.05) is 6.54 Å². The van der Waals surface area contributed by atoms with Crippen LogP contribution >= 0.6 is 0 Å². The fraction of sp³-hybridized carbons (Fsp3) is 0.269. The number of carbonyl (C=O) groups is 1. The molecular weight excluding hydrogens is 468 g/mol. The van der Waals surface area contributed by atoms with Crippen molar-refractivity contribution in [2.24, 2.45) is 0 Å². The number of carbonyl (C=O) groups excluding carboxylic acids is 1. The number of ether oxygens (including phenoxy) is 3. The highest BCUT2D eigenvalue weighted by molar-refractivity contribution is 7.92. The van der Waals surface area contributed by atoms with Crippen molar-refractivity contribution in [2.45, 2.75) is 31.4 Å². The number of nitrogens with zero attached hydrogens (tertiary/aromatic N) is 1. The van der Waals surface area contributed by atoms with Gasteiger partial charge in [-0.05, 0) is 61.4 Å². The molecule has 1 heterocycles. The van der Waals surface area contributed by atoms with Gasteiger partial charge in [0.05, 0.1) is 31.3 Å². The van der Waals surface area contributed by atoms with Crippen LogP contribution in [0.15, 0.2) is 65.6 Å². The van der Waals surface area contributed by atoms with E-state index in [-0.39, 0.29) is 18.0 Å². The summed E-state index contributed by atoms with van der Waals surface area (Å²) in [5, 5.41) is 2.84. The average molecular weight is 497 g/mol. The molecule has 1 atom stereocenters. The van der Waals surface area contributed by atoms with Crippen molar-refractivity contribution in [3.63, 3.8) is 0 Å². The zero-order valence-corrected chi connectivity index (χ0v) is 20.9. The molecule has 0 saturated heterocycles. The number of amides is 1. The zero-order valence-electron chi connectivity index (χ0n) is 20.1. The minimum absolute atomic E-state index is 0.149. The lowest BCUT2D eigenvalue weighted by molar-refractivity contribution is -0.127. The van der Waals surface area contributed by atoms with E-state index >= 15 is 0 Å². The van der Waals surface area contributed by atoms with Crippen molar-refractivity contribution in [1.82, 2.24) is 5.32 Å². The van der Waals surface area contributed by atoms with Crippen LogP contribution in [0.1, 0.15) is 16.7 Å². The molecule has 0 fully saturated rings. The number of anilines is 1. The van der Waals surface area contributed by atoms with Gasteiger partial charge in [0.1, 0.15) is 5.75 Å². The molecule has 0 radical (unpaired) electrons. The van der Waals surface area contributed by atoms with Gasteiger partial charge in [0.25, 0.3) is 15.9 Å². The maximum absolute atomic E-state index is 13.5. The minimum Gasteiger partial charge on any atom is -0.493 e. The molecule has 0 aliphatic carbocycles. The molecule has 4 rings (SSSR count). The Balaban J connectivity index is 1.58. The van der Waals surface area contributed by atoms with E-state index in [2.05, 4.69) is 5.32 Å². The topological polar surface area (TPSA) is 94.2 Å². The monoisotopic (exact) mass is 496 g/mol. The molecule has 0 aromatic heterocycles. The highest BCUT2D eigenvalue weighted by Crippen LogP contribution is 2.38. The van der Waals surface area contributed by atoms with Crippen LogP contribution < -0.4 is 23.8 Å². The molecule has 0 bridgehead atoms. The Morgan fingerprint density at radius 2 is 1.66 bits per heavy atom. The standard InChI is InChI=1S/C26H28N2O6S/c1-17-5-9-20(10-6-17)35(30,31)28-16-25(34-23-13-18(2)7-11-21(23)28)26(29)27-15-19-8-12-22(32-3)24(14-19)33-4/h5-14,25H,15-16H2,1-4H3,(H,27,29). The first kappa shape index (κ1) is 24.4. The van der Waals surface area contributed by atoms with E-state index in [1.807, 2.05) is 26.0 Å². The summed E-state index contributed by atoms with van der Waals surface area (Å²) >= 11 is 0. The molecule has 1 aliphatic rings. The van der Waals surface area contributed by atoms with Crippen molar-refractivity contribution in [3.05, 3.63) is 77.4 Å². The van der Waals surface area contributed by atoms with Gasteiger partial charge in [-0.15, -0.1) is 0 Å². The van der Waals surface area contributed by atoms with Crippen LogP contribution in [-0.4, -0.2) is 41.2 Å². The van der Waals surface area contributed by atoms with Crippen LogP contribution in [0.25, 0.3) is 0 Å². The second-order valence-electron chi connectivity index (χ2n) is 8.33. The lowest BCUT2D eigenvalue weighted by Gasteiger charge is -2.35. The van der Waals surface area contributed by atoms with Gasteiger partial charge < -0.3 is 19.5 Å². The second kappa shape index (κ2) is 9.87. The summed E-state index contributed by atoms with van der Waals surface area (Å²) in [5.41, 5.74) is 3.05. The Hall–Kier alpha value is -3.72. The number of hydrogen-bond donors (Lipinski definition) is 1. The molecule has 35 heavy (non-hydrogen) atoms. The summed E-state index contributed by atoms with van der Waals surface area (Å²) in [5.74, 6) is 1.06. The van der Waals surface area contributed by atoms with Crippen LogP contribution in [0, 0.1) is 13.8 Å². The number of benzene rings is 3. The van der Waals surface area contributed by atoms with Crippen molar-refractivity contribution < 1.29 is 27.4 Å². The molecule has 1 N–H and O–H groups in total. The molecule has 184 valence electrons. The smallest absolute Gasteiger partial charge is 0.264 e. The van der Waals surface area contributed by atoms with Gasteiger partial charge in [0.2, 0.25) is 0 Å². The molecular formula is C26H28N2O6S. The first-order valence-corrected chi connectivity index (χ1v) is 12.5. The largest absolute Gasteiger partial charge is 0.493 e. The van der Waals surface area contributed by atoms with Crippen molar-refractivity contribution in [3.8, 4) is 17.2 Å². The van der Waals surface area contributed by atoms with Crippen molar-refractivity contribution >= 4 is 21.6 Å².